The third-order valence-corrected chi connectivity index (χ3v) is 3.44. The number of aryl methyl sites for hydroxylation is 2. The number of rotatable bonds is 2. The molecule has 0 aliphatic rings. The minimum atomic E-state index is 0.108. The van der Waals surface area contributed by atoms with Gasteiger partial charge in [0.1, 0.15) is 0 Å². The van der Waals surface area contributed by atoms with Crippen LogP contribution < -0.4 is 0 Å². The van der Waals surface area contributed by atoms with Gasteiger partial charge in [0.15, 0.2) is 5.16 Å². The normalized spacial score (nSPS) is 10.6. The predicted octanol–water partition coefficient (Wildman–Crippen LogP) is 3.95. The van der Waals surface area contributed by atoms with E-state index in [0.717, 1.165) is 4.90 Å². The Labute approximate surface area is 114 Å². The van der Waals surface area contributed by atoms with Gasteiger partial charge in [0.05, 0.1) is 0 Å². The fourth-order valence-electron chi connectivity index (χ4n) is 1.24. The highest BCUT2D eigenvalue weighted by atomic mass is 35.5. The van der Waals surface area contributed by atoms with E-state index < -0.39 is 0 Å². The second-order valence-corrected chi connectivity index (χ2v) is 5.22. The molecule has 0 N–H and O–H groups in total. The van der Waals surface area contributed by atoms with E-state index in [1.54, 1.807) is 0 Å². The van der Waals surface area contributed by atoms with Crippen LogP contribution >= 0.6 is 35.0 Å². The topological polar surface area (TPSA) is 38.7 Å². The lowest BCUT2D eigenvalue weighted by atomic mass is 10.1. The zero-order valence-corrected chi connectivity index (χ0v) is 11.6. The minimum absolute atomic E-state index is 0.108. The van der Waals surface area contributed by atoms with Gasteiger partial charge in [-0.3, -0.25) is 0 Å². The maximum atomic E-state index is 5.71. The molecule has 1 aromatic heterocycles. The number of benzene rings is 1. The van der Waals surface area contributed by atoms with Crippen LogP contribution in [0.15, 0.2) is 28.3 Å². The lowest BCUT2D eigenvalue weighted by molar-refractivity contribution is 0.904. The van der Waals surface area contributed by atoms with Crippen LogP contribution in [-0.2, 0) is 0 Å². The summed E-state index contributed by atoms with van der Waals surface area (Å²) in [7, 11) is 0. The Hall–Kier alpha value is -0.840. The molecule has 0 bridgehead atoms. The first-order valence-corrected chi connectivity index (χ1v) is 6.44. The second kappa shape index (κ2) is 5.21. The molecule has 0 spiro atoms. The van der Waals surface area contributed by atoms with Crippen LogP contribution in [0.2, 0.25) is 10.6 Å². The van der Waals surface area contributed by atoms with Crippen molar-refractivity contribution in [3.05, 3.63) is 39.9 Å². The van der Waals surface area contributed by atoms with Gasteiger partial charge in [0.25, 0.3) is 0 Å². The van der Waals surface area contributed by atoms with Gasteiger partial charge in [-0.2, -0.15) is 15.0 Å². The zero-order chi connectivity index (χ0) is 12.4. The molecular formula is C11H9Cl2N3S. The fraction of sp³-hybridized carbons (Fsp3) is 0.182. The zero-order valence-electron chi connectivity index (χ0n) is 9.24. The molecule has 0 aliphatic heterocycles. The molecule has 0 amide bonds. The highest BCUT2D eigenvalue weighted by Crippen LogP contribution is 2.27. The summed E-state index contributed by atoms with van der Waals surface area (Å²) in [5, 5.41) is 0.714. The van der Waals surface area contributed by atoms with Crippen molar-refractivity contribution in [2.45, 2.75) is 23.9 Å². The molecule has 3 nitrogen and oxygen atoms in total. The molecule has 0 unspecified atom stereocenters. The van der Waals surface area contributed by atoms with Gasteiger partial charge in [0.2, 0.25) is 10.6 Å². The molecule has 0 saturated heterocycles. The molecule has 17 heavy (non-hydrogen) atoms. The van der Waals surface area contributed by atoms with Crippen molar-refractivity contribution in [3.8, 4) is 0 Å². The van der Waals surface area contributed by atoms with Crippen molar-refractivity contribution < 1.29 is 0 Å². The second-order valence-electron chi connectivity index (χ2n) is 3.50. The Kier molecular flexibility index (Phi) is 3.86. The Morgan fingerprint density at radius 1 is 0.941 bits per heavy atom. The van der Waals surface area contributed by atoms with E-state index in [-0.39, 0.29) is 10.6 Å². The highest BCUT2D eigenvalue weighted by Gasteiger charge is 2.06. The Morgan fingerprint density at radius 3 is 2.18 bits per heavy atom. The number of nitrogens with zero attached hydrogens (tertiary/aromatic N) is 3. The molecule has 88 valence electrons. The monoisotopic (exact) mass is 285 g/mol. The van der Waals surface area contributed by atoms with Crippen molar-refractivity contribution in [1.82, 2.24) is 15.0 Å². The molecule has 0 radical (unpaired) electrons. The van der Waals surface area contributed by atoms with E-state index in [1.807, 2.05) is 6.07 Å². The number of halogens is 2. The lowest BCUT2D eigenvalue weighted by Crippen LogP contribution is -1.92. The molecule has 1 aromatic carbocycles. The predicted molar refractivity (Wildman–Crippen MR) is 69.9 cm³/mol. The van der Waals surface area contributed by atoms with E-state index in [0.29, 0.717) is 5.16 Å². The van der Waals surface area contributed by atoms with Crippen LogP contribution in [0.1, 0.15) is 11.1 Å². The molecule has 2 aromatic rings. The molecule has 0 saturated carbocycles. The third-order valence-electron chi connectivity index (χ3n) is 2.25. The van der Waals surface area contributed by atoms with Crippen LogP contribution in [0.5, 0.6) is 0 Å². The van der Waals surface area contributed by atoms with Crippen LogP contribution in [0.25, 0.3) is 0 Å². The summed E-state index contributed by atoms with van der Waals surface area (Å²) in [5.41, 5.74) is 2.47. The van der Waals surface area contributed by atoms with Gasteiger partial charge in [-0.25, -0.2) is 0 Å². The van der Waals surface area contributed by atoms with Gasteiger partial charge in [-0.1, -0.05) is 6.07 Å². The third kappa shape index (κ3) is 3.31. The lowest BCUT2D eigenvalue weighted by Gasteiger charge is -2.04. The summed E-state index contributed by atoms with van der Waals surface area (Å²) >= 11 is 12.8. The van der Waals surface area contributed by atoms with Crippen LogP contribution in [-0.4, -0.2) is 15.0 Å². The van der Waals surface area contributed by atoms with Crippen LogP contribution in [0.4, 0.5) is 0 Å². The Balaban J connectivity index is 2.28. The van der Waals surface area contributed by atoms with E-state index in [9.17, 15) is 0 Å². The first kappa shape index (κ1) is 12.6. The maximum Gasteiger partial charge on any atom is 0.227 e. The highest BCUT2D eigenvalue weighted by molar-refractivity contribution is 7.99. The van der Waals surface area contributed by atoms with Gasteiger partial charge in [-0.15, -0.1) is 0 Å². The standard InChI is InChI=1S/C11H9Cl2N3S/c1-6-3-4-8(5-7(6)2)17-11-15-9(12)14-10(13)16-11/h3-5H,1-2H3. The summed E-state index contributed by atoms with van der Waals surface area (Å²) < 4.78 is 0. The van der Waals surface area contributed by atoms with Crippen LogP contribution in [0, 0.1) is 13.8 Å². The quantitative estimate of drug-likeness (QED) is 0.838. The molecule has 6 heteroatoms. The maximum absolute atomic E-state index is 5.71. The molecular weight excluding hydrogens is 277 g/mol. The largest absolute Gasteiger partial charge is 0.227 e. The molecule has 2 rings (SSSR count). The fourth-order valence-corrected chi connectivity index (χ4v) is 2.55. The summed E-state index contributed by atoms with van der Waals surface area (Å²) in [5.74, 6) is 0. The van der Waals surface area contributed by atoms with Crippen LogP contribution in [0.3, 0.4) is 0 Å². The number of aromatic nitrogens is 3. The van der Waals surface area contributed by atoms with Gasteiger partial charge >= 0.3 is 0 Å². The van der Waals surface area contributed by atoms with Gasteiger partial charge in [-0.05, 0) is 72.1 Å². The molecule has 1 heterocycles. The summed E-state index contributed by atoms with van der Waals surface area (Å²) in [4.78, 5) is 12.8. The average molecular weight is 286 g/mol. The summed E-state index contributed by atoms with van der Waals surface area (Å²) in [6.07, 6.45) is 0. The van der Waals surface area contributed by atoms with E-state index >= 15 is 0 Å². The first-order chi connectivity index (χ1) is 8.04. The van der Waals surface area contributed by atoms with Crippen molar-refractivity contribution in [2.75, 3.05) is 0 Å². The molecule has 0 fully saturated rings. The first-order valence-electron chi connectivity index (χ1n) is 4.87. The van der Waals surface area contributed by atoms with E-state index in [4.69, 9.17) is 23.2 Å². The van der Waals surface area contributed by atoms with Crippen molar-refractivity contribution in [2.24, 2.45) is 0 Å². The number of hydrogen-bond acceptors (Lipinski definition) is 4. The average Bonchev–Trinajstić information content (AvgIpc) is 2.22. The number of hydrogen-bond donors (Lipinski definition) is 0. The van der Waals surface area contributed by atoms with Gasteiger partial charge < -0.3 is 0 Å². The minimum Gasteiger partial charge on any atom is -0.191 e. The van der Waals surface area contributed by atoms with Crippen molar-refractivity contribution in [3.63, 3.8) is 0 Å². The van der Waals surface area contributed by atoms with E-state index in [2.05, 4.69) is 40.9 Å². The smallest absolute Gasteiger partial charge is 0.191 e. The Bertz CT molecular complexity index is 540. The summed E-state index contributed by atoms with van der Waals surface area (Å²) in [6.45, 7) is 4.13. The molecule has 0 aliphatic carbocycles. The SMILES string of the molecule is Cc1ccc(Sc2nc(Cl)nc(Cl)n2)cc1C. The summed E-state index contributed by atoms with van der Waals surface area (Å²) in [6, 6.07) is 6.15. The van der Waals surface area contributed by atoms with Crippen molar-refractivity contribution >= 4 is 35.0 Å². The van der Waals surface area contributed by atoms with Crippen molar-refractivity contribution in [1.29, 1.82) is 0 Å². The van der Waals surface area contributed by atoms with Gasteiger partial charge in [0, 0.05) is 4.90 Å². The molecule has 0 atom stereocenters. The Morgan fingerprint density at radius 2 is 1.59 bits per heavy atom. The van der Waals surface area contributed by atoms with E-state index in [1.165, 1.54) is 22.9 Å².